The van der Waals surface area contributed by atoms with Crippen LogP contribution in [0.3, 0.4) is 0 Å². The largest absolute Gasteiger partial charge is 0.299 e. The van der Waals surface area contributed by atoms with Crippen molar-refractivity contribution in [2.75, 3.05) is 0 Å². The number of nitrogens with zero attached hydrogens (tertiary/aromatic N) is 3. The van der Waals surface area contributed by atoms with Crippen LogP contribution in [0.2, 0.25) is 0 Å². The molecule has 0 aromatic heterocycles. The van der Waals surface area contributed by atoms with Gasteiger partial charge in [-0.15, -0.1) is 5.11 Å². The minimum Gasteiger partial charge on any atom is -0.284 e. The van der Waals surface area contributed by atoms with Gasteiger partial charge < -0.3 is 0 Å². The van der Waals surface area contributed by atoms with Gasteiger partial charge in [-0.2, -0.15) is 8.42 Å². The lowest BCUT2D eigenvalue weighted by Gasteiger charge is -2.16. The Morgan fingerprint density at radius 2 is 1.90 bits per heavy atom. The molecule has 0 saturated carbocycles. The highest BCUT2D eigenvalue weighted by atomic mass is 32.2. The summed E-state index contributed by atoms with van der Waals surface area (Å²) >= 11 is 0. The smallest absolute Gasteiger partial charge is 0.284 e. The SMILES string of the molecule is C/C(N=NS(=O)(=O)c1ccccc1)=C1\C=CC=CN1O. The van der Waals surface area contributed by atoms with E-state index in [0.29, 0.717) is 5.70 Å². The second-order valence-corrected chi connectivity index (χ2v) is 5.57. The molecule has 0 unspecified atom stereocenters. The van der Waals surface area contributed by atoms with Crippen molar-refractivity contribution in [3.63, 3.8) is 0 Å². The molecule has 1 aromatic carbocycles. The van der Waals surface area contributed by atoms with Gasteiger partial charge in [0.1, 0.15) is 0 Å². The van der Waals surface area contributed by atoms with Gasteiger partial charge >= 0.3 is 0 Å². The van der Waals surface area contributed by atoms with Crippen LogP contribution < -0.4 is 0 Å². The zero-order chi connectivity index (χ0) is 14.6. The first kappa shape index (κ1) is 14.2. The molecule has 7 heteroatoms. The van der Waals surface area contributed by atoms with E-state index in [1.165, 1.54) is 18.3 Å². The summed E-state index contributed by atoms with van der Waals surface area (Å²) in [6.45, 7) is 1.56. The van der Waals surface area contributed by atoms with Crippen LogP contribution in [-0.4, -0.2) is 18.7 Å². The maximum atomic E-state index is 11.9. The Kier molecular flexibility index (Phi) is 4.11. The summed E-state index contributed by atoms with van der Waals surface area (Å²) in [4.78, 5) is 0.0708. The standard InChI is InChI=1S/C13H13N3O3S/c1-11(13-9-5-6-10-16(13)17)14-15-20(18,19)12-7-3-2-4-8-12/h2-10,17H,1H3/b13-11-,15-14?. The molecule has 104 valence electrons. The molecule has 0 fully saturated rings. The Balaban J connectivity index is 2.28. The van der Waals surface area contributed by atoms with Crippen molar-refractivity contribution < 1.29 is 13.6 Å². The summed E-state index contributed by atoms with van der Waals surface area (Å²) in [6, 6.07) is 7.82. The van der Waals surface area contributed by atoms with Crippen molar-refractivity contribution in [1.29, 1.82) is 0 Å². The van der Waals surface area contributed by atoms with Crippen molar-refractivity contribution in [2.45, 2.75) is 11.8 Å². The lowest BCUT2D eigenvalue weighted by Crippen LogP contribution is -2.12. The third kappa shape index (κ3) is 3.19. The van der Waals surface area contributed by atoms with Gasteiger partial charge in [0.25, 0.3) is 10.0 Å². The third-order valence-electron chi connectivity index (χ3n) is 2.55. The van der Waals surface area contributed by atoms with Gasteiger partial charge in [0.05, 0.1) is 16.3 Å². The van der Waals surface area contributed by atoms with Crippen molar-refractivity contribution in [3.05, 3.63) is 66.2 Å². The highest BCUT2D eigenvalue weighted by Crippen LogP contribution is 2.18. The van der Waals surface area contributed by atoms with Gasteiger partial charge in [-0.25, -0.2) is 5.06 Å². The molecule has 6 nitrogen and oxygen atoms in total. The molecule has 1 aromatic rings. The number of benzene rings is 1. The minimum atomic E-state index is -3.83. The van der Waals surface area contributed by atoms with E-state index in [2.05, 4.69) is 9.63 Å². The van der Waals surface area contributed by atoms with Crippen molar-refractivity contribution in [2.24, 2.45) is 9.63 Å². The Morgan fingerprint density at radius 1 is 1.20 bits per heavy atom. The molecule has 0 spiro atoms. The van der Waals surface area contributed by atoms with Gasteiger partial charge in [0.15, 0.2) is 0 Å². The van der Waals surface area contributed by atoms with Gasteiger partial charge in [0, 0.05) is 6.20 Å². The fourth-order valence-electron chi connectivity index (χ4n) is 1.53. The molecule has 0 saturated heterocycles. The van der Waals surface area contributed by atoms with Crippen LogP contribution in [0.5, 0.6) is 0 Å². The molecule has 20 heavy (non-hydrogen) atoms. The number of rotatable bonds is 3. The first-order valence-corrected chi connectivity index (χ1v) is 7.21. The molecule has 0 bridgehead atoms. The van der Waals surface area contributed by atoms with Crippen molar-refractivity contribution >= 4 is 10.0 Å². The molecular formula is C13H13N3O3S. The maximum absolute atomic E-state index is 11.9. The fourth-order valence-corrected chi connectivity index (χ4v) is 2.35. The molecule has 0 radical (unpaired) electrons. The molecular weight excluding hydrogens is 278 g/mol. The van der Waals surface area contributed by atoms with E-state index in [9.17, 15) is 13.6 Å². The average molecular weight is 291 g/mol. The topological polar surface area (TPSA) is 82.3 Å². The normalized spacial score (nSPS) is 17.8. The van der Waals surface area contributed by atoms with E-state index in [1.54, 1.807) is 43.4 Å². The molecule has 1 aliphatic rings. The lowest BCUT2D eigenvalue weighted by molar-refractivity contribution is -0.00148. The van der Waals surface area contributed by atoms with Gasteiger partial charge in [-0.05, 0) is 31.2 Å². The van der Waals surface area contributed by atoms with E-state index < -0.39 is 10.0 Å². The highest BCUT2D eigenvalue weighted by Gasteiger charge is 2.13. The molecule has 0 aliphatic carbocycles. The first-order valence-electron chi connectivity index (χ1n) is 5.77. The molecule has 1 N–H and O–H groups in total. The second-order valence-electron chi connectivity index (χ2n) is 3.99. The Morgan fingerprint density at radius 3 is 2.55 bits per heavy atom. The zero-order valence-electron chi connectivity index (χ0n) is 10.7. The quantitative estimate of drug-likeness (QED) is 0.868. The average Bonchev–Trinajstić information content (AvgIpc) is 2.46. The summed E-state index contributed by atoms with van der Waals surface area (Å²) in [6.07, 6.45) is 6.35. The third-order valence-corrected chi connectivity index (χ3v) is 3.71. The molecule has 0 atom stereocenters. The Hall–Kier alpha value is -2.25. The van der Waals surface area contributed by atoms with E-state index in [-0.39, 0.29) is 10.6 Å². The van der Waals surface area contributed by atoms with Gasteiger partial charge in [-0.1, -0.05) is 28.8 Å². The van der Waals surface area contributed by atoms with Crippen molar-refractivity contribution in [1.82, 2.24) is 5.06 Å². The van der Waals surface area contributed by atoms with Gasteiger partial charge in [0.2, 0.25) is 0 Å². The maximum Gasteiger partial charge on any atom is 0.299 e. The Bertz CT molecular complexity index is 704. The van der Waals surface area contributed by atoms with Crippen LogP contribution in [0.4, 0.5) is 0 Å². The molecule has 0 amide bonds. The number of sulfonamides is 1. The van der Waals surface area contributed by atoms with E-state index in [4.69, 9.17) is 0 Å². The van der Waals surface area contributed by atoms with Crippen molar-refractivity contribution in [3.8, 4) is 0 Å². The van der Waals surface area contributed by atoms with Crippen LogP contribution in [-0.2, 0) is 10.0 Å². The summed E-state index contributed by atoms with van der Waals surface area (Å²) in [7, 11) is -3.83. The number of hydrogen-bond donors (Lipinski definition) is 1. The van der Waals surface area contributed by atoms with Crippen LogP contribution in [0, 0.1) is 0 Å². The number of hydroxylamine groups is 2. The lowest BCUT2D eigenvalue weighted by atomic mass is 10.2. The van der Waals surface area contributed by atoms with E-state index in [0.717, 1.165) is 5.06 Å². The fraction of sp³-hybridized carbons (Fsp3) is 0.0769. The predicted molar refractivity (Wildman–Crippen MR) is 73.1 cm³/mol. The Labute approximate surface area is 117 Å². The predicted octanol–water partition coefficient (Wildman–Crippen LogP) is 2.83. The van der Waals surface area contributed by atoms with E-state index >= 15 is 0 Å². The van der Waals surface area contributed by atoms with Crippen LogP contribution in [0.1, 0.15) is 6.92 Å². The van der Waals surface area contributed by atoms with Crippen LogP contribution in [0.25, 0.3) is 0 Å². The highest BCUT2D eigenvalue weighted by molar-refractivity contribution is 7.90. The number of hydrogen-bond acceptors (Lipinski definition) is 5. The van der Waals surface area contributed by atoms with E-state index in [1.807, 2.05) is 0 Å². The molecule has 2 rings (SSSR count). The zero-order valence-corrected chi connectivity index (χ0v) is 11.5. The molecule has 1 aliphatic heterocycles. The van der Waals surface area contributed by atoms with Gasteiger partial charge in [-0.3, -0.25) is 5.21 Å². The summed E-state index contributed by atoms with van der Waals surface area (Å²) in [5, 5.41) is 14.1. The second kappa shape index (κ2) is 5.81. The monoisotopic (exact) mass is 291 g/mol. The van der Waals surface area contributed by atoms with Crippen LogP contribution >= 0.6 is 0 Å². The van der Waals surface area contributed by atoms with Crippen LogP contribution in [0.15, 0.2) is 80.7 Å². The number of allylic oxidation sites excluding steroid dienone is 4. The summed E-state index contributed by atoms with van der Waals surface area (Å²) < 4.78 is 27.2. The first-order chi connectivity index (χ1) is 9.50. The summed E-state index contributed by atoms with van der Waals surface area (Å²) in [5.74, 6) is 0. The summed E-state index contributed by atoms with van der Waals surface area (Å²) in [5.41, 5.74) is 0.645. The molecule has 1 heterocycles. The minimum absolute atomic E-state index is 0.0708.